The van der Waals surface area contributed by atoms with Crippen LogP contribution in [-0.4, -0.2) is 17.5 Å². The molecule has 2 rings (SSSR count). The molecule has 6 heteroatoms. The molecular weight excluding hydrogens is 230 g/mol. The highest BCUT2D eigenvalue weighted by molar-refractivity contribution is 7.14. The largest absolute Gasteiger partial charge is 0.361 e. The van der Waals surface area contributed by atoms with Crippen LogP contribution in [0.4, 0.5) is 13.9 Å². The molecule has 14 heavy (non-hydrogen) atoms. The van der Waals surface area contributed by atoms with Crippen LogP contribution in [0.3, 0.4) is 0 Å². The van der Waals surface area contributed by atoms with Crippen LogP contribution in [0.2, 0.25) is 5.15 Å². The monoisotopic (exact) mass is 238 g/mol. The Morgan fingerprint density at radius 3 is 2.86 bits per heavy atom. The molecule has 0 saturated heterocycles. The first-order valence-corrected chi connectivity index (χ1v) is 5.54. The molecule has 1 fully saturated rings. The number of alkyl halides is 2. The molecule has 0 atom stereocenters. The lowest BCUT2D eigenvalue weighted by molar-refractivity contribution is -0.106. The fourth-order valence-corrected chi connectivity index (χ4v) is 2.34. The van der Waals surface area contributed by atoms with Crippen molar-refractivity contribution in [3.8, 4) is 0 Å². The fourth-order valence-electron chi connectivity index (χ4n) is 1.50. The Morgan fingerprint density at radius 2 is 2.36 bits per heavy atom. The highest BCUT2D eigenvalue weighted by Gasteiger charge is 2.44. The highest BCUT2D eigenvalue weighted by Crippen LogP contribution is 2.42. The van der Waals surface area contributed by atoms with Crippen LogP contribution in [0.15, 0.2) is 5.38 Å². The first-order valence-electron chi connectivity index (χ1n) is 4.28. The van der Waals surface area contributed by atoms with Crippen LogP contribution < -0.4 is 5.32 Å². The third-order valence-corrected chi connectivity index (χ3v) is 3.32. The maximum Gasteiger partial charge on any atom is 0.248 e. The van der Waals surface area contributed by atoms with E-state index < -0.39 is 5.92 Å². The Morgan fingerprint density at radius 1 is 1.64 bits per heavy atom. The van der Waals surface area contributed by atoms with E-state index in [1.807, 2.05) is 0 Å². The van der Waals surface area contributed by atoms with Gasteiger partial charge in [-0.1, -0.05) is 11.6 Å². The van der Waals surface area contributed by atoms with Crippen molar-refractivity contribution in [1.82, 2.24) is 4.98 Å². The Balaban J connectivity index is 1.74. The van der Waals surface area contributed by atoms with E-state index in [0.29, 0.717) is 16.8 Å². The molecule has 1 aliphatic carbocycles. The Bertz CT molecular complexity index is 321. The minimum absolute atomic E-state index is 0.0148. The summed E-state index contributed by atoms with van der Waals surface area (Å²) in [5.41, 5.74) is 0. The number of aromatic nitrogens is 1. The van der Waals surface area contributed by atoms with Gasteiger partial charge in [0.1, 0.15) is 5.15 Å². The van der Waals surface area contributed by atoms with E-state index in [1.54, 1.807) is 5.38 Å². The molecule has 1 aromatic rings. The number of nitrogens with zero attached hydrogens (tertiary/aromatic N) is 1. The predicted octanol–water partition coefficient (Wildman–Crippen LogP) is 3.25. The standard InChI is InChI=1S/C8H9ClF2N2S/c9-6-4-14-7(13-6)12-3-5-1-8(10,11)2-5/h4-5H,1-3H2,(H,12,13). The molecule has 78 valence electrons. The summed E-state index contributed by atoms with van der Waals surface area (Å²) in [4.78, 5) is 3.96. The summed E-state index contributed by atoms with van der Waals surface area (Å²) in [5.74, 6) is -2.37. The molecule has 0 radical (unpaired) electrons. The van der Waals surface area contributed by atoms with Crippen LogP contribution >= 0.6 is 22.9 Å². The molecule has 1 saturated carbocycles. The van der Waals surface area contributed by atoms with Gasteiger partial charge in [0.15, 0.2) is 5.13 Å². The zero-order valence-electron chi connectivity index (χ0n) is 7.27. The lowest BCUT2D eigenvalue weighted by Crippen LogP contribution is -2.39. The molecule has 1 aliphatic rings. The molecule has 0 unspecified atom stereocenters. The molecule has 0 spiro atoms. The van der Waals surface area contributed by atoms with E-state index in [1.165, 1.54) is 11.3 Å². The number of hydrogen-bond donors (Lipinski definition) is 1. The van der Waals surface area contributed by atoms with E-state index >= 15 is 0 Å². The summed E-state index contributed by atoms with van der Waals surface area (Å²) in [6.07, 6.45) is -0.0295. The Hall–Kier alpha value is -0.420. The van der Waals surface area contributed by atoms with Crippen molar-refractivity contribution in [3.63, 3.8) is 0 Å². The van der Waals surface area contributed by atoms with Gasteiger partial charge >= 0.3 is 0 Å². The van der Waals surface area contributed by atoms with Crippen molar-refractivity contribution in [1.29, 1.82) is 0 Å². The first-order chi connectivity index (χ1) is 6.55. The number of rotatable bonds is 3. The topological polar surface area (TPSA) is 24.9 Å². The summed E-state index contributed by atoms with van der Waals surface area (Å²) in [6, 6.07) is 0. The van der Waals surface area contributed by atoms with E-state index in [-0.39, 0.29) is 18.8 Å². The van der Waals surface area contributed by atoms with Crippen LogP contribution in [0.5, 0.6) is 0 Å². The molecule has 1 heterocycles. The molecule has 0 aliphatic heterocycles. The van der Waals surface area contributed by atoms with Gasteiger partial charge in [0.05, 0.1) is 0 Å². The molecular formula is C8H9ClF2N2S. The maximum atomic E-state index is 12.5. The van der Waals surface area contributed by atoms with Crippen molar-refractivity contribution in [2.45, 2.75) is 18.8 Å². The predicted molar refractivity (Wildman–Crippen MR) is 53.3 cm³/mol. The zero-order valence-corrected chi connectivity index (χ0v) is 8.84. The van der Waals surface area contributed by atoms with Gasteiger partial charge in [-0.2, -0.15) is 0 Å². The molecule has 0 bridgehead atoms. The van der Waals surface area contributed by atoms with E-state index in [9.17, 15) is 8.78 Å². The van der Waals surface area contributed by atoms with E-state index in [2.05, 4.69) is 10.3 Å². The SMILES string of the molecule is FC1(F)CC(CNc2nc(Cl)cs2)C1. The maximum absolute atomic E-state index is 12.5. The molecule has 0 amide bonds. The van der Waals surface area contributed by atoms with Crippen molar-refractivity contribution >= 4 is 28.1 Å². The van der Waals surface area contributed by atoms with Gasteiger partial charge in [-0.25, -0.2) is 13.8 Å². The minimum atomic E-state index is -2.44. The number of hydrogen-bond acceptors (Lipinski definition) is 3. The summed E-state index contributed by atoms with van der Waals surface area (Å²) in [7, 11) is 0. The average molecular weight is 239 g/mol. The number of thiazole rings is 1. The van der Waals surface area contributed by atoms with Crippen molar-refractivity contribution in [2.24, 2.45) is 5.92 Å². The third-order valence-electron chi connectivity index (χ3n) is 2.19. The molecule has 0 aromatic carbocycles. The Labute approximate surface area is 89.3 Å². The average Bonchev–Trinajstić information content (AvgIpc) is 2.44. The first kappa shape index (κ1) is 10.1. The fraction of sp³-hybridized carbons (Fsp3) is 0.625. The van der Waals surface area contributed by atoms with Gasteiger partial charge in [-0.15, -0.1) is 11.3 Å². The lowest BCUT2D eigenvalue weighted by Gasteiger charge is -2.34. The van der Waals surface area contributed by atoms with Crippen molar-refractivity contribution < 1.29 is 8.78 Å². The van der Waals surface area contributed by atoms with E-state index in [4.69, 9.17) is 11.6 Å². The third kappa shape index (κ3) is 2.33. The molecule has 1 aromatic heterocycles. The van der Waals surface area contributed by atoms with Gasteiger partial charge in [-0.05, 0) is 5.92 Å². The van der Waals surface area contributed by atoms with Crippen molar-refractivity contribution in [3.05, 3.63) is 10.5 Å². The smallest absolute Gasteiger partial charge is 0.248 e. The number of halogens is 3. The highest BCUT2D eigenvalue weighted by atomic mass is 35.5. The minimum Gasteiger partial charge on any atom is -0.361 e. The van der Waals surface area contributed by atoms with Crippen LogP contribution in [-0.2, 0) is 0 Å². The van der Waals surface area contributed by atoms with Crippen LogP contribution in [0, 0.1) is 5.92 Å². The quantitative estimate of drug-likeness (QED) is 0.875. The van der Waals surface area contributed by atoms with E-state index in [0.717, 1.165) is 0 Å². The summed E-state index contributed by atoms with van der Waals surface area (Å²) >= 11 is 6.99. The molecule has 1 N–H and O–H groups in total. The van der Waals surface area contributed by atoms with Gasteiger partial charge in [0, 0.05) is 24.8 Å². The number of nitrogens with one attached hydrogen (secondary N) is 1. The summed E-state index contributed by atoms with van der Waals surface area (Å²) in [6.45, 7) is 0.555. The second kappa shape index (κ2) is 3.62. The van der Waals surface area contributed by atoms with Crippen LogP contribution in [0.25, 0.3) is 0 Å². The Kier molecular flexibility index (Phi) is 2.62. The molecule has 2 nitrogen and oxygen atoms in total. The zero-order chi connectivity index (χ0) is 10.2. The second-order valence-corrected chi connectivity index (χ2v) is 4.73. The lowest BCUT2D eigenvalue weighted by atomic mass is 9.81. The van der Waals surface area contributed by atoms with Gasteiger partial charge in [0.25, 0.3) is 0 Å². The summed E-state index contributed by atoms with van der Waals surface area (Å²) < 4.78 is 24.9. The van der Waals surface area contributed by atoms with Gasteiger partial charge in [-0.3, -0.25) is 0 Å². The second-order valence-electron chi connectivity index (χ2n) is 3.49. The normalized spacial score (nSPS) is 20.5. The van der Waals surface area contributed by atoms with Gasteiger partial charge in [0.2, 0.25) is 5.92 Å². The van der Waals surface area contributed by atoms with Gasteiger partial charge < -0.3 is 5.32 Å². The summed E-state index contributed by atoms with van der Waals surface area (Å²) in [5, 5.41) is 5.84. The van der Waals surface area contributed by atoms with Crippen molar-refractivity contribution in [2.75, 3.05) is 11.9 Å². The number of anilines is 1. The van der Waals surface area contributed by atoms with Crippen LogP contribution in [0.1, 0.15) is 12.8 Å².